The number of amides is 1. The normalized spacial score (nSPS) is 20.1. The van der Waals surface area contributed by atoms with E-state index in [1.54, 1.807) is 11.3 Å². The Hall–Kier alpha value is -1.31. The van der Waals surface area contributed by atoms with Crippen LogP contribution in [0.5, 0.6) is 0 Å². The van der Waals surface area contributed by atoms with Gasteiger partial charge < -0.3 is 5.32 Å². The molecule has 1 atom stereocenters. The number of thiophene rings is 1. The number of hydrogen-bond acceptors (Lipinski definition) is 3. The van der Waals surface area contributed by atoms with Crippen LogP contribution >= 0.6 is 11.3 Å². The molecule has 1 N–H and O–H groups in total. The molecule has 0 bridgehead atoms. The molecular weight excluding hydrogens is 232 g/mol. The van der Waals surface area contributed by atoms with Crippen LogP contribution in [0.15, 0.2) is 16.8 Å². The molecule has 1 aromatic heterocycles. The fraction of sp³-hybridized carbons (Fsp3) is 0.462. The van der Waals surface area contributed by atoms with Crippen LogP contribution in [0.3, 0.4) is 0 Å². The maximum Gasteiger partial charge on any atom is 0.234 e. The van der Waals surface area contributed by atoms with Crippen LogP contribution in [0.4, 0.5) is 0 Å². The first-order valence-corrected chi connectivity index (χ1v) is 6.72. The van der Waals surface area contributed by atoms with Crippen molar-refractivity contribution in [2.45, 2.75) is 18.9 Å². The fourth-order valence-corrected chi connectivity index (χ4v) is 2.95. The highest BCUT2D eigenvalue weighted by Gasteiger charge is 2.27. The Balaban J connectivity index is 1.92. The van der Waals surface area contributed by atoms with Gasteiger partial charge in [0.05, 0.1) is 13.1 Å². The van der Waals surface area contributed by atoms with Gasteiger partial charge in [-0.1, -0.05) is 5.92 Å². The number of likely N-dealkylation sites (tertiary alicyclic amines) is 1. The number of hydrogen-bond donors (Lipinski definition) is 1. The number of nitrogens with zero attached hydrogens (tertiary/aromatic N) is 1. The Morgan fingerprint density at radius 2 is 2.59 bits per heavy atom. The lowest BCUT2D eigenvalue weighted by molar-refractivity contribution is -0.122. The molecule has 0 unspecified atom stereocenters. The molecule has 0 saturated carbocycles. The van der Waals surface area contributed by atoms with Crippen LogP contribution in [0.25, 0.3) is 0 Å². The predicted octanol–water partition coefficient (Wildman–Crippen LogP) is 1.63. The molecule has 0 aromatic carbocycles. The Morgan fingerprint density at radius 1 is 1.71 bits per heavy atom. The SMILES string of the molecule is C#CCNC(=O)CN1CCC[C@H]1c1ccsc1. The Labute approximate surface area is 106 Å². The molecular formula is C13H16N2OS. The zero-order valence-electron chi connectivity index (χ0n) is 9.69. The summed E-state index contributed by atoms with van der Waals surface area (Å²) in [4.78, 5) is 13.9. The van der Waals surface area contributed by atoms with E-state index in [0.29, 0.717) is 19.1 Å². The summed E-state index contributed by atoms with van der Waals surface area (Å²) in [6, 6.07) is 2.55. The molecule has 1 amide bonds. The average molecular weight is 248 g/mol. The van der Waals surface area contributed by atoms with Crippen molar-refractivity contribution < 1.29 is 4.79 Å². The van der Waals surface area contributed by atoms with Crippen molar-refractivity contribution in [1.29, 1.82) is 0 Å². The summed E-state index contributed by atoms with van der Waals surface area (Å²) in [5.74, 6) is 2.43. The highest BCUT2D eigenvalue weighted by molar-refractivity contribution is 7.07. The molecule has 1 aromatic rings. The van der Waals surface area contributed by atoms with Gasteiger partial charge in [-0.05, 0) is 41.8 Å². The number of carbonyl (C=O) groups is 1. The van der Waals surface area contributed by atoms with E-state index in [2.05, 4.69) is 33.0 Å². The molecule has 2 heterocycles. The smallest absolute Gasteiger partial charge is 0.234 e. The molecule has 3 nitrogen and oxygen atoms in total. The van der Waals surface area contributed by atoms with E-state index in [4.69, 9.17) is 6.42 Å². The van der Waals surface area contributed by atoms with E-state index >= 15 is 0 Å². The second kappa shape index (κ2) is 5.85. The van der Waals surface area contributed by atoms with Gasteiger partial charge in [0.1, 0.15) is 0 Å². The minimum atomic E-state index is 0.0186. The van der Waals surface area contributed by atoms with Gasteiger partial charge in [-0.15, -0.1) is 6.42 Å². The number of rotatable bonds is 4. The molecule has 0 spiro atoms. The molecule has 0 aliphatic carbocycles. The number of nitrogens with one attached hydrogen (secondary N) is 1. The molecule has 4 heteroatoms. The summed E-state index contributed by atoms with van der Waals surface area (Å²) in [6.07, 6.45) is 7.41. The summed E-state index contributed by atoms with van der Waals surface area (Å²) >= 11 is 1.71. The number of terminal acetylenes is 1. The molecule has 1 saturated heterocycles. The maximum absolute atomic E-state index is 11.6. The quantitative estimate of drug-likeness (QED) is 0.822. The van der Waals surface area contributed by atoms with Crippen LogP contribution < -0.4 is 5.32 Å². The van der Waals surface area contributed by atoms with Crippen LogP contribution in [0.1, 0.15) is 24.4 Å². The van der Waals surface area contributed by atoms with E-state index in [0.717, 1.165) is 19.4 Å². The van der Waals surface area contributed by atoms with Gasteiger partial charge in [-0.25, -0.2) is 0 Å². The topological polar surface area (TPSA) is 32.3 Å². The van der Waals surface area contributed by atoms with Crippen molar-refractivity contribution >= 4 is 17.2 Å². The third-order valence-electron chi connectivity index (χ3n) is 3.03. The van der Waals surface area contributed by atoms with E-state index in [1.807, 2.05) is 0 Å². The lowest BCUT2D eigenvalue weighted by atomic mass is 10.1. The first-order valence-electron chi connectivity index (χ1n) is 5.77. The molecule has 1 aliphatic rings. The first-order chi connectivity index (χ1) is 8.31. The van der Waals surface area contributed by atoms with Crippen LogP contribution in [-0.2, 0) is 4.79 Å². The van der Waals surface area contributed by atoms with Crippen LogP contribution in [-0.4, -0.2) is 30.4 Å². The van der Waals surface area contributed by atoms with Gasteiger partial charge >= 0.3 is 0 Å². The molecule has 0 radical (unpaired) electrons. The third-order valence-corrected chi connectivity index (χ3v) is 3.73. The summed E-state index contributed by atoms with van der Waals surface area (Å²) in [7, 11) is 0. The molecule has 1 fully saturated rings. The van der Waals surface area contributed by atoms with Crippen molar-refractivity contribution in [2.24, 2.45) is 0 Å². The summed E-state index contributed by atoms with van der Waals surface area (Å²) in [6.45, 7) is 1.75. The lowest BCUT2D eigenvalue weighted by Crippen LogP contribution is -2.36. The molecule has 2 rings (SSSR count). The van der Waals surface area contributed by atoms with Crippen molar-refractivity contribution in [1.82, 2.24) is 10.2 Å². The van der Waals surface area contributed by atoms with Crippen LogP contribution in [0.2, 0.25) is 0 Å². The number of carbonyl (C=O) groups excluding carboxylic acids is 1. The van der Waals surface area contributed by atoms with E-state index in [-0.39, 0.29) is 5.91 Å². The second-order valence-corrected chi connectivity index (χ2v) is 4.95. The van der Waals surface area contributed by atoms with Gasteiger partial charge in [0.2, 0.25) is 5.91 Å². The van der Waals surface area contributed by atoms with Gasteiger partial charge in [0, 0.05) is 6.04 Å². The molecule has 1 aliphatic heterocycles. The van der Waals surface area contributed by atoms with Gasteiger partial charge in [0.25, 0.3) is 0 Å². The highest BCUT2D eigenvalue weighted by Crippen LogP contribution is 2.32. The minimum absolute atomic E-state index is 0.0186. The fourth-order valence-electron chi connectivity index (χ4n) is 2.25. The Bertz CT molecular complexity index is 408. The largest absolute Gasteiger partial charge is 0.344 e. The van der Waals surface area contributed by atoms with E-state index in [9.17, 15) is 4.79 Å². The van der Waals surface area contributed by atoms with Crippen molar-refractivity contribution in [3.8, 4) is 12.3 Å². The monoisotopic (exact) mass is 248 g/mol. The van der Waals surface area contributed by atoms with E-state index < -0.39 is 0 Å². The second-order valence-electron chi connectivity index (χ2n) is 4.17. The average Bonchev–Trinajstić information content (AvgIpc) is 2.95. The van der Waals surface area contributed by atoms with Gasteiger partial charge in [-0.2, -0.15) is 11.3 Å². The van der Waals surface area contributed by atoms with Crippen molar-refractivity contribution in [3.05, 3.63) is 22.4 Å². The summed E-state index contributed by atoms with van der Waals surface area (Å²) in [5, 5.41) is 6.97. The van der Waals surface area contributed by atoms with E-state index in [1.165, 1.54) is 5.56 Å². The maximum atomic E-state index is 11.6. The Kier molecular flexibility index (Phi) is 4.18. The minimum Gasteiger partial charge on any atom is -0.344 e. The van der Waals surface area contributed by atoms with Crippen LogP contribution in [0, 0.1) is 12.3 Å². The van der Waals surface area contributed by atoms with Gasteiger partial charge in [0.15, 0.2) is 0 Å². The zero-order chi connectivity index (χ0) is 12.1. The third kappa shape index (κ3) is 3.09. The predicted molar refractivity (Wildman–Crippen MR) is 69.7 cm³/mol. The zero-order valence-corrected chi connectivity index (χ0v) is 10.5. The van der Waals surface area contributed by atoms with Crippen molar-refractivity contribution in [2.75, 3.05) is 19.6 Å². The van der Waals surface area contributed by atoms with Gasteiger partial charge in [-0.3, -0.25) is 9.69 Å². The molecule has 17 heavy (non-hydrogen) atoms. The summed E-state index contributed by atoms with van der Waals surface area (Å²) < 4.78 is 0. The standard InChI is InChI=1S/C13H16N2OS/c1-2-6-14-13(16)9-15-7-3-4-12(15)11-5-8-17-10-11/h1,5,8,10,12H,3-4,6-7,9H2,(H,14,16)/t12-/m0/s1. The Morgan fingerprint density at radius 3 is 3.29 bits per heavy atom. The summed E-state index contributed by atoms with van der Waals surface area (Å²) in [5.41, 5.74) is 1.33. The highest BCUT2D eigenvalue weighted by atomic mass is 32.1. The first kappa shape index (κ1) is 12.2. The van der Waals surface area contributed by atoms with Crippen molar-refractivity contribution in [3.63, 3.8) is 0 Å². The molecule has 90 valence electrons. The lowest BCUT2D eigenvalue weighted by Gasteiger charge is -2.22.